The molecule has 1 saturated heterocycles. The molecule has 4 nitrogen and oxygen atoms in total. The second-order valence-electron chi connectivity index (χ2n) is 6.51. The Morgan fingerprint density at radius 2 is 1.78 bits per heavy atom. The van der Waals surface area contributed by atoms with Gasteiger partial charge in [-0.15, -0.1) is 0 Å². The maximum atomic E-state index is 14.7. The molecule has 2 aromatic carbocycles. The van der Waals surface area contributed by atoms with Crippen LogP contribution in [0.3, 0.4) is 0 Å². The van der Waals surface area contributed by atoms with Gasteiger partial charge >= 0.3 is 6.18 Å². The van der Waals surface area contributed by atoms with Gasteiger partial charge in [-0.05, 0) is 43.3 Å². The molecule has 0 spiro atoms. The van der Waals surface area contributed by atoms with Gasteiger partial charge in [-0.25, -0.2) is 4.39 Å². The van der Waals surface area contributed by atoms with Crippen LogP contribution in [0.4, 0.5) is 34.6 Å². The van der Waals surface area contributed by atoms with Gasteiger partial charge in [0.2, 0.25) is 0 Å². The molecule has 0 amide bonds. The Morgan fingerprint density at radius 3 is 2.33 bits per heavy atom. The highest BCUT2D eigenvalue weighted by Gasteiger charge is 2.39. The lowest BCUT2D eigenvalue weighted by Gasteiger charge is -2.42. The highest BCUT2D eigenvalue weighted by atomic mass is 19.4. The van der Waals surface area contributed by atoms with Crippen LogP contribution in [-0.4, -0.2) is 25.7 Å². The van der Waals surface area contributed by atoms with Crippen molar-refractivity contribution in [1.82, 2.24) is 0 Å². The average Bonchev–Trinajstić information content (AvgIpc) is 2.61. The van der Waals surface area contributed by atoms with Crippen molar-refractivity contribution in [3.63, 3.8) is 0 Å². The van der Waals surface area contributed by atoms with Crippen LogP contribution in [0.1, 0.15) is 18.1 Å². The molecule has 1 aliphatic rings. The third-order valence-corrected chi connectivity index (χ3v) is 4.72. The fourth-order valence-corrected chi connectivity index (χ4v) is 3.41. The maximum absolute atomic E-state index is 14.7. The molecule has 1 heterocycles. The summed E-state index contributed by atoms with van der Waals surface area (Å²) in [6.45, 7) is 3.15. The van der Waals surface area contributed by atoms with Gasteiger partial charge in [0, 0.05) is 37.1 Å². The molecular formula is C19H18F4N4. The van der Waals surface area contributed by atoms with Crippen molar-refractivity contribution in [2.75, 3.05) is 35.2 Å². The smallest absolute Gasteiger partial charge is 0.399 e. The fourth-order valence-electron chi connectivity index (χ4n) is 3.41. The Bertz CT molecular complexity index is 871. The van der Waals surface area contributed by atoms with Gasteiger partial charge < -0.3 is 15.5 Å². The molecule has 0 aliphatic carbocycles. The molecule has 0 radical (unpaired) electrons. The van der Waals surface area contributed by atoms with E-state index in [4.69, 9.17) is 11.0 Å². The van der Waals surface area contributed by atoms with Gasteiger partial charge in [-0.3, -0.25) is 0 Å². The summed E-state index contributed by atoms with van der Waals surface area (Å²) >= 11 is 0. The number of alkyl halides is 3. The van der Waals surface area contributed by atoms with Crippen LogP contribution in [0.2, 0.25) is 0 Å². The van der Waals surface area contributed by atoms with Crippen LogP contribution in [0.5, 0.6) is 0 Å². The highest BCUT2D eigenvalue weighted by Crippen LogP contribution is 2.38. The van der Waals surface area contributed by atoms with Crippen LogP contribution in [0.15, 0.2) is 36.4 Å². The lowest BCUT2D eigenvalue weighted by Crippen LogP contribution is -2.52. The molecule has 142 valence electrons. The number of hydrogen-bond acceptors (Lipinski definition) is 4. The summed E-state index contributed by atoms with van der Waals surface area (Å²) in [5, 5.41) is 8.88. The van der Waals surface area contributed by atoms with Gasteiger partial charge in [0.15, 0.2) is 5.82 Å². The first-order valence-corrected chi connectivity index (χ1v) is 8.39. The van der Waals surface area contributed by atoms with Crippen molar-refractivity contribution >= 4 is 17.1 Å². The molecule has 27 heavy (non-hydrogen) atoms. The van der Waals surface area contributed by atoms with Crippen LogP contribution < -0.4 is 15.5 Å². The maximum Gasteiger partial charge on any atom is 0.420 e. The van der Waals surface area contributed by atoms with E-state index in [1.165, 1.54) is 12.1 Å². The zero-order valence-electron chi connectivity index (χ0n) is 14.6. The van der Waals surface area contributed by atoms with Gasteiger partial charge in [0.1, 0.15) is 5.56 Å². The number of nitrogen functional groups attached to an aromatic ring is 1. The molecule has 0 unspecified atom stereocenters. The van der Waals surface area contributed by atoms with Crippen molar-refractivity contribution in [3.8, 4) is 6.07 Å². The topological polar surface area (TPSA) is 56.3 Å². The summed E-state index contributed by atoms with van der Waals surface area (Å²) in [5.74, 6) is -1.39. The van der Waals surface area contributed by atoms with E-state index in [0.717, 1.165) is 11.8 Å². The van der Waals surface area contributed by atoms with E-state index in [1.54, 1.807) is 17.0 Å². The summed E-state index contributed by atoms with van der Waals surface area (Å²) in [4.78, 5) is 3.69. The Morgan fingerprint density at radius 1 is 1.11 bits per heavy atom. The number of rotatable bonds is 2. The number of nitrogens with zero attached hydrogens (tertiary/aromatic N) is 3. The molecule has 3 rings (SSSR count). The van der Waals surface area contributed by atoms with Crippen molar-refractivity contribution in [2.45, 2.75) is 19.1 Å². The normalized spacial score (nSPS) is 17.7. The van der Waals surface area contributed by atoms with Gasteiger partial charge in [-0.1, -0.05) is 0 Å². The summed E-state index contributed by atoms with van der Waals surface area (Å²) in [6, 6.07) is 11.0. The number of nitrogens with two attached hydrogens (primary N) is 1. The van der Waals surface area contributed by atoms with E-state index in [9.17, 15) is 17.6 Å². The first-order chi connectivity index (χ1) is 12.7. The minimum absolute atomic E-state index is 0.0493. The van der Waals surface area contributed by atoms with Crippen molar-refractivity contribution in [3.05, 3.63) is 53.3 Å². The van der Waals surface area contributed by atoms with E-state index in [-0.39, 0.29) is 11.7 Å². The predicted octanol–water partition coefficient (Wildman–Crippen LogP) is 4.01. The van der Waals surface area contributed by atoms with Gasteiger partial charge in [-0.2, -0.15) is 18.4 Å². The molecule has 1 aliphatic heterocycles. The van der Waals surface area contributed by atoms with Crippen LogP contribution in [0.25, 0.3) is 0 Å². The third kappa shape index (κ3) is 3.63. The van der Waals surface area contributed by atoms with Crippen LogP contribution in [-0.2, 0) is 6.18 Å². The van der Waals surface area contributed by atoms with E-state index in [2.05, 4.69) is 4.90 Å². The minimum atomic E-state index is -4.93. The lowest BCUT2D eigenvalue weighted by atomic mass is 10.0. The third-order valence-electron chi connectivity index (χ3n) is 4.72. The average molecular weight is 378 g/mol. The van der Waals surface area contributed by atoms with Gasteiger partial charge in [0.05, 0.1) is 17.3 Å². The van der Waals surface area contributed by atoms with E-state index in [1.807, 2.05) is 19.1 Å². The summed E-state index contributed by atoms with van der Waals surface area (Å²) in [5.41, 5.74) is 4.94. The molecule has 0 bridgehead atoms. The zero-order valence-corrected chi connectivity index (χ0v) is 14.6. The van der Waals surface area contributed by atoms with E-state index in [0.29, 0.717) is 25.3 Å². The molecule has 8 heteroatoms. The molecule has 0 saturated carbocycles. The number of piperazine rings is 1. The SMILES string of the molecule is C[C@H]1CN(c2ccc(C#N)c(C(F)(F)F)c2F)CCN1c1ccc(N)cc1. The number of halogens is 4. The number of anilines is 3. The predicted molar refractivity (Wildman–Crippen MR) is 96.0 cm³/mol. The standard InChI is InChI=1S/C19H18F4N4/c1-12-11-26(8-9-27(12)15-5-3-14(25)4-6-15)16-7-2-13(10-24)17(18(16)20)19(21,22)23/h2-7,12H,8-9,11,25H2,1H3/t12-/m0/s1. The number of benzene rings is 2. The Hall–Kier alpha value is -2.95. The summed E-state index contributed by atoms with van der Waals surface area (Å²) < 4.78 is 54.3. The Kier molecular flexibility index (Phi) is 4.87. The zero-order chi connectivity index (χ0) is 19.8. The largest absolute Gasteiger partial charge is 0.420 e. The van der Waals surface area contributed by atoms with Gasteiger partial charge in [0.25, 0.3) is 0 Å². The second-order valence-corrected chi connectivity index (χ2v) is 6.51. The quantitative estimate of drug-likeness (QED) is 0.634. The summed E-state index contributed by atoms with van der Waals surface area (Å²) in [7, 11) is 0. The molecule has 0 aromatic heterocycles. The molecule has 1 atom stereocenters. The minimum Gasteiger partial charge on any atom is -0.399 e. The van der Waals surface area contributed by atoms with Crippen molar-refractivity contribution in [2.24, 2.45) is 0 Å². The fraction of sp³-hybridized carbons (Fsp3) is 0.316. The lowest BCUT2D eigenvalue weighted by molar-refractivity contribution is -0.140. The molecule has 2 aromatic rings. The van der Waals surface area contributed by atoms with E-state index >= 15 is 0 Å². The monoisotopic (exact) mass is 378 g/mol. The molecular weight excluding hydrogens is 360 g/mol. The van der Waals surface area contributed by atoms with Crippen molar-refractivity contribution < 1.29 is 17.6 Å². The first kappa shape index (κ1) is 18.8. The number of nitriles is 1. The van der Waals surface area contributed by atoms with Crippen LogP contribution in [0, 0.1) is 17.1 Å². The first-order valence-electron chi connectivity index (χ1n) is 8.39. The van der Waals surface area contributed by atoms with E-state index < -0.39 is 23.1 Å². The second kappa shape index (κ2) is 6.99. The summed E-state index contributed by atoms with van der Waals surface area (Å²) in [6.07, 6.45) is -4.93. The highest BCUT2D eigenvalue weighted by molar-refractivity contribution is 5.59. The van der Waals surface area contributed by atoms with Crippen LogP contribution >= 0.6 is 0 Å². The van der Waals surface area contributed by atoms with Crippen molar-refractivity contribution in [1.29, 1.82) is 5.26 Å². The molecule has 1 fully saturated rings. The Labute approximate surface area is 154 Å². The molecule has 2 N–H and O–H groups in total. The number of hydrogen-bond donors (Lipinski definition) is 1. The Balaban J connectivity index is 1.87.